The van der Waals surface area contributed by atoms with Gasteiger partial charge in [0.1, 0.15) is 6.10 Å². The molecule has 2 aliphatic heterocycles. The minimum absolute atomic E-state index is 0.0702. The number of nitrogens with zero attached hydrogens (tertiary/aromatic N) is 1. The Kier molecular flexibility index (Phi) is 6.11. The molecule has 24 heavy (non-hydrogen) atoms. The highest BCUT2D eigenvalue weighted by molar-refractivity contribution is 6.31. The number of hydrogen-bond donors (Lipinski definition) is 1. The van der Waals surface area contributed by atoms with Crippen LogP contribution in [0.25, 0.3) is 0 Å². The Hall–Kier alpha value is -1.14. The predicted octanol–water partition coefficient (Wildman–Crippen LogP) is 2.40. The number of hydrogen-bond acceptors (Lipinski definition) is 4. The normalized spacial score (nSPS) is 27.4. The zero-order chi connectivity index (χ0) is 16.9. The van der Waals surface area contributed by atoms with Crippen LogP contribution >= 0.6 is 11.6 Å². The second-order valence-electron chi connectivity index (χ2n) is 6.50. The Bertz CT molecular complexity index is 563. The van der Waals surface area contributed by atoms with E-state index in [1.165, 1.54) is 0 Å². The van der Waals surface area contributed by atoms with Gasteiger partial charge < -0.3 is 19.7 Å². The van der Waals surface area contributed by atoms with Gasteiger partial charge in [-0.1, -0.05) is 29.8 Å². The molecule has 0 bridgehead atoms. The first kappa shape index (κ1) is 17.7. The molecule has 0 radical (unpaired) electrons. The highest BCUT2D eigenvalue weighted by Crippen LogP contribution is 2.29. The Morgan fingerprint density at radius 3 is 2.96 bits per heavy atom. The second-order valence-corrected chi connectivity index (χ2v) is 6.91. The van der Waals surface area contributed by atoms with Crippen LogP contribution in [-0.4, -0.2) is 55.8 Å². The number of halogens is 1. The van der Waals surface area contributed by atoms with Crippen molar-refractivity contribution in [3.05, 3.63) is 34.9 Å². The van der Waals surface area contributed by atoms with Gasteiger partial charge in [0.15, 0.2) is 0 Å². The van der Waals surface area contributed by atoms with E-state index in [1.807, 2.05) is 36.1 Å². The van der Waals surface area contributed by atoms with Crippen molar-refractivity contribution in [1.29, 1.82) is 0 Å². The van der Waals surface area contributed by atoms with Gasteiger partial charge in [0.05, 0.1) is 31.8 Å². The summed E-state index contributed by atoms with van der Waals surface area (Å²) in [6.45, 7) is 4.97. The third-order valence-electron chi connectivity index (χ3n) is 4.68. The molecule has 0 aliphatic carbocycles. The lowest BCUT2D eigenvalue weighted by Crippen LogP contribution is -2.51. The van der Waals surface area contributed by atoms with Crippen LogP contribution in [0.4, 0.5) is 0 Å². The molecule has 5 nitrogen and oxygen atoms in total. The largest absolute Gasteiger partial charge is 0.377 e. The molecule has 132 valence electrons. The number of amides is 1. The van der Waals surface area contributed by atoms with Crippen LogP contribution in [0, 0.1) is 0 Å². The Morgan fingerprint density at radius 2 is 2.21 bits per heavy atom. The molecule has 2 heterocycles. The minimum Gasteiger partial charge on any atom is -0.377 e. The molecule has 3 rings (SSSR count). The predicted molar refractivity (Wildman–Crippen MR) is 93.2 cm³/mol. The Balaban J connectivity index is 1.55. The molecule has 2 saturated heterocycles. The molecule has 6 heteroatoms. The minimum atomic E-state index is -0.169. The summed E-state index contributed by atoms with van der Waals surface area (Å²) in [5.41, 5.74) is 0.941. The topological polar surface area (TPSA) is 50.8 Å². The monoisotopic (exact) mass is 352 g/mol. The molecule has 0 unspecified atom stereocenters. The smallest absolute Gasteiger partial charge is 0.236 e. The lowest BCUT2D eigenvalue weighted by atomic mass is 10.1. The van der Waals surface area contributed by atoms with E-state index >= 15 is 0 Å². The molecule has 1 N–H and O–H groups in total. The van der Waals surface area contributed by atoms with Crippen molar-refractivity contribution in [2.75, 3.05) is 32.8 Å². The van der Waals surface area contributed by atoms with E-state index in [0.717, 1.165) is 31.6 Å². The van der Waals surface area contributed by atoms with E-state index in [0.29, 0.717) is 24.7 Å². The van der Waals surface area contributed by atoms with Crippen LogP contribution in [0.5, 0.6) is 0 Å². The molecule has 2 fully saturated rings. The van der Waals surface area contributed by atoms with Crippen molar-refractivity contribution in [1.82, 2.24) is 10.2 Å². The molecular weight excluding hydrogens is 328 g/mol. The molecule has 1 aromatic rings. The van der Waals surface area contributed by atoms with E-state index in [2.05, 4.69) is 5.32 Å². The number of rotatable bonds is 5. The summed E-state index contributed by atoms with van der Waals surface area (Å²) in [5, 5.41) is 3.91. The fraction of sp³-hybridized carbons (Fsp3) is 0.611. The fourth-order valence-electron chi connectivity index (χ4n) is 3.28. The molecular formula is C18H25ClN2O3. The van der Waals surface area contributed by atoms with E-state index in [-0.39, 0.29) is 24.2 Å². The maximum Gasteiger partial charge on any atom is 0.236 e. The average molecular weight is 353 g/mol. The first-order valence-electron chi connectivity index (χ1n) is 8.63. The third kappa shape index (κ3) is 4.28. The number of carbonyl (C=O) groups excluding carboxylic acids is 1. The van der Waals surface area contributed by atoms with Crippen molar-refractivity contribution in [3.63, 3.8) is 0 Å². The Morgan fingerprint density at radius 1 is 1.38 bits per heavy atom. The molecule has 2 aliphatic rings. The fourth-order valence-corrected chi connectivity index (χ4v) is 3.53. The summed E-state index contributed by atoms with van der Waals surface area (Å²) in [6.07, 6.45) is 2.26. The standard InChI is InChI=1S/C18H25ClN2O3/c1-13-12-24-17(15-6-2-3-7-16(15)19)11-21(13)18(22)10-20-9-14-5-4-8-23-14/h2-3,6-7,13-14,17,20H,4-5,8-12H2,1H3/t13-,14+,17+/m1/s1. The molecule has 0 aromatic heterocycles. The van der Waals surface area contributed by atoms with Crippen molar-refractivity contribution < 1.29 is 14.3 Å². The van der Waals surface area contributed by atoms with Gasteiger partial charge in [0.25, 0.3) is 0 Å². The zero-order valence-electron chi connectivity index (χ0n) is 14.0. The summed E-state index contributed by atoms with van der Waals surface area (Å²) in [4.78, 5) is 14.5. The summed E-state index contributed by atoms with van der Waals surface area (Å²) in [7, 11) is 0. The Labute approximate surface area is 148 Å². The number of benzene rings is 1. The number of morpholine rings is 1. The van der Waals surface area contributed by atoms with Crippen LogP contribution in [-0.2, 0) is 14.3 Å². The molecule has 0 spiro atoms. The quantitative estimate of drug-likeness (QED) is 0.884. The van der Waals surface area contributed by atoms with Crippen LogP contribution in [0.3, 0.4) is 0 Å². The summed E-state index contributed by atoms with van der Waals surface area (Å²) >= 11 is 6.27. The van der Waals surface area contributed by atoms with E-state index in [1.54, 1.807) is 0 Å². The third-order valence-corrected chi connectivity index (χ3v) is 5.02. The van der Waals surface area contributed by atoms with Gasteiger partial charge >= 0.3 is 0 Å². The first-order chi connectivity index (χ1) is 11.6. The van der Waals surface area contributed by atoms with Gasteiger partial charge in [-0.15, -0.1) is 0 Å². The van der Waals surface area contributed by atoms with Crippen molar-refractivity contribution >= 4 is 17.5 Å². The second kappa shape index (κ2) is 8.30. The lowest BCUT2D eigenvalue weighted by Gasteiger charge is -2.38. The summed E-state index contributed by atoms with van der Waals surface area (Å²) < 4.78 is 11.5. The van der Waals surface area contributed by atoms with E-state index in [9.17, 15) is 4.79 Å². The van der Waals surface area contributed by atoms with Crippen LogP contribution in [0.15, 0.2) is 24.3 Å². The average Bonchev–Trinajstić information content (AvgIpc) is 3.09. The molecule has 1 amide bonds. The number of ether oxygens (including phenoxy) is 2. The molecule has 3 atom stereocenters. The highest BCUT2D eigenvalue weighted by Gasteiger charge is 2.31. The maximum absolute atomic E-state index is 12.6. The number of nitrogens with one attached hydrogen (secondary N) is 1. The van der Waals surface area contributed by atoms with E-state index < -0.39 is 0 Å². The van der Waals surface area contributed by atoms with Gasteiger partial charge in [0.2, 0.25) is 5.91 Å². The van der Waals surface area contributed by atoms with Crippen LogP contribution in [0.1, 0.15) is 31.4 Å². The number of carbonyl (C=O) groups is 1. The zero-order valence-corrected chi connectivity index (χ0v) is 14.8. The van der Waals surface area contributed by atoms with Crippen molar-refractivity contribution in [3.8, 4) is 0 Å². The SMILES string of the molecule is C[C@@H]1CO[C@H](c2ccccc2Cl)CN1C(=O)CNC[C@@H]1CCCO1. The molecule has 0 saturated carbocycles. The van der Waals surface area contributed by atoms with Gasteiger partial charge in [-0.3, -0.25) is 4.79 Å². The van der Waals surface area contributed by atoms with Crippen molar-refractivity contribution in [2.45, 2.75) is 38.0 Å². The van der Waals surface area contributed by atoms with Gasteiger partial charge in [-0.25, -0.2) is 0 Å². The summed E-state index contributed by atoms with van der Waals surface area (Å²) in [6, 6.07) is 7.72. The highest BCUT2D eigenvalue weighted by atomic mass is 35.5. The lowest BCUT2D eigenvalue weighted by molar-refractivity contribution is -0.143. The molecule has 1 aromatic carbocycles. The van der Waals surface area contributed by atoms with Gasteiger partial charge in [-0.2, -0.15) is 0 Å². The van der Waals surface area contributed by atoms with Gasteiger partial charge in [0, 0.05) is 23.7 Å². The maximum atomic E-state index is 12.6. The van der Waals surface area contributed by atoms with E-state index in [4.69, 9.17) is 21.1 Å². The van der Waals surface area contributed by atoms with Crippen LogP contribution < -0.4 is 5.32 Å². The first-order valence-corrected chi connectivity index (χ1v) is 9.00. The van der Waals surface area contributed by atoms with Gasteiger partial charge in [-0.05, 0) is 25.8 Å². The van der Waals surface area contributed by atoms with Crippen LogP contribution in [0.2, 0.25) is 5.02 Å². The van der Waals surface area contributed by atoms with Crippen molar-refractivity contribution in [2.24, 2.45) is 0 Å². The summed E-state index contributed by atoms with van der Waals surface area (Å²) in [5.74, 6) is 0.0980.